The summed E-state index contributed by atoms with van der Waals surface area (Å²) < 4.78 is 1.62. The van der Waals surface area contributed by atoms with E-state index in [0.29, 0.717) is 18.9 Å². The number of hydrogen-bond acceptors (Lipinski definition) is 3. The summed E-state index contributed by atoms with van der Waals surface area (Å²) in [5, 5.41) is 7.17. The van der Waals surface area contributed by atoms with Crippen LogP contribution in [-0.2, 0) is 7.05 Å². The monoisotopic (exact) mass is 257 g/mol. The lowest BCUT2D eigenvalue weighted by atomic mass is 10.1. The first kappa shape index (κ1) is 11.6. The Kier molecular flexibility index (Phi) is 2.63. The van der Waals surface area contributed by atoms with Gasteiger partial charge in [0.25, 0.3) is 0 Å². The minimum atomic E-state index is -0.0728. The second-order valence-electron chi connectivity index (χ2n) is 4.48. The maximum absolute atomic E-state index is 11.8. The normalized spacial score (nSPS) is 14.8. The van der Waals surface area contributed by atoms with Gasteiger partial charge in [-0.2, -0.15) is 5.10 Å². The van der Waals surface area contributed by atoms with Gasteiger partial charge in [-0.25, -0.2) is 4.79 Å². The molecule has 1 aromatic carbocycles. The fourth-order valence-corrected chi connectivity index (χ4v) is 2.24. The third-order valence-corrected chi connectivity index (χ3v) is 3.24. The molecule has 6 nitrogen and oxygen atoms in total. The molecule has 1 saturated heterocycles. The number of hydrogen-bond donors (Lipinski definition) is 2. The summed E-state index contributed by atoms with van der Waals surface area (Å²) in [6.45, 7) is 1.33. The van der Waals surface area contributed by atoms with E-state index in [1.165, 1.54) is 0 Å². The van der Waals surface area contributed by atoms with Crippen molar-refractivity contribution < 1.29 is 4.79 Å². The van der Waals surface area contributed by atoms with Gasteiger partial charge >= 0.3 is 6.03 Å². The SMILES string of the molecule is Cn1nc(-c2ccccc2N2CCNC2=O)cc1N. The molecule has 1 fully saturated rings. The van der Waals surface area contributed by atoms with Crippen LogP contribution in [0.2, 0.25) is 0 Å². The maximum atomic E-state index is 11.8. The van der Waals surface area contributed by atoms with Crippen LogP contribution in [0.5, 0.6) is 0 Å². The van der Waals surface area contributed by atoms with Gasteiger partial charge in [0, 0.05) is 31.8 Å². The fourth-order valence-electron chi connectivity index (χ4n) is 2.24. The van der Waals surface area contributed by atoms with Crippen molar-refractivity contribution in [3.63, 3.8) is 0 Å². The number of nitrogen functional groups attached to an aromatic ring is 1. The Morgan fingerprint density at radius 3 is 2.79 bits per heavy atom. The number of carbonyl (C=O) groups is 1. The predicted molar refractivity (Wildman–Crippen MR) is 73.8 cm³/mol. The predicted octanol–water partition coefficient (Wildman–Crippen LogP) is 1.20. The summed E-state index contributed by atoms with van der Waals surface area (Å²) in [6, 6.07) is 9.45. The zero-order valence-corrected chi connectivity index (χ0v) is 10.6. The lowest BCUT2D eigenvalue weighted by Gasteiger charge is -2.17. The maximum Gasteiger partial charge on any atom is 0.322 e. The molecule has 0 bridgehead atoms. The number of amides is 2. The lowest BCUT2D eigenvalue weighted by Crippen LogP contribution is -2.28. The van der Waals surface area contributed by atoms with Crippen LogP contribution >= 0.6 is 0 Å². The molecule has 6 heteroatoms. The highest BCUT2D eigenvalue weighted by Crippen LogP contribution is 2.31. The molecule has 1 aliphatic heterocycles. The van der Waals surface area contributed by atoms with E-state index in [1.807, 2.05) is 30.3 Å². The first-order valence-electron chi connectivity index (χ1n) is 6.11. The minimum absolute atomic E-state index is 0.0728. The molecule has 0 aliphatic carbocycles. The molecule has 0 spiro atoms. The van der Waals surface area contributed by atoms with Crippen LogP contribution in [0.3, 0.4) is 0 Å². The van der Waals surface area contributed by atoms with Crippen LogP contribution < -0.4 is 16.0 Å². The van der Waals surface area contributed by atoms with Crippen molar-refractivity contribution >= 4 is 17.5 Å². The highest BCUT2D eigenvalue weighted by atomic mass is 16.2. The van der Waals surface area contributed by atoms with Gasteiger partial charge in [0.2, 0.25) is 0 Å². The van der Waals surface area contributed by atoms with Crippen molar-refractivity contribution in [1.29, 1.82) is 0 Å². The average molecular weight is 257 g/mol. The van der Waals surface area contributed by atoms with Crippen LogP contribution in [0.25, 0.3) is 11.3 Å². The summed E-state index contributed by atoms with van der Waals surface area (Å²) in [5.41, 5.74) is 8.36. The Balaban J connectivity index is 2.09. The molecule has 2 heterocycles. The Morgan fingerprint density at radius 2 is 2.16 bits per heavy atom. The minimum Gasteiger partial charge on any atom is -0.384 e. The molecule has 3 N–H and O–H groups in total. The highest BCUT2D eigenvalue weighted by Gasteiger charge is 2.24. The molecule has 2 aromatic rings. The van der Waals surface area contributed by atoms with Gasteiger partial charge in [-0.3, -0.25) is 9.58 Å². The Bertz CT molecular complexity index is 614. The third-order valence-electron chi connectivity index (χ3n) is 3.24. The molecule has 1 aromatic heterocycles. The van der Waals surface area contributed by atoms with Gasteiger partial charge in [-0.1, -0.05) is 18.2 Å². The second-order valence-corrected chi connectivity index (χ2v) is 4.48. The molecule has 0 unspecified atom stereocenters. The number of aryl methyl sites for hydroxylation is 1. The van der Waals surface area contributed by atoms with Crippen LogP contribution in [0, 0.1) is 0 Å². The van der Waals surface area contributed by atoms with Crippen molar-refractivity contribution in [2.75, 3.05) is 23.7 Å². The number of para-hydroxylation sites is 1. The van der Waals surface area contributed by atoms with E-state index in [4.69, 9.17) is 5.73 Å². The van der Waals surface area contributed by atoms with Crippen molar-refractivity contribution in [2.45, 2.75) is 0 Å². The summed E-state index contributed by atoms with van der Waals surface area (Å²) in [7, 11) is 1.80. The fraction of sp³-hybridized carbons (Fsp3) is 0.231. The molecule has 19 heavy (non-hydrogen) atoms. The summed E-state index contributed by atoms with van der Waals surface area (Å²) >= 11 is 0. The van der Waals surface area contributed by atoms with Crippen molar-refractivity contribution in [2.24, 2.45) is 7.05 Å². The van der Waals surface area contributed by atoms with Crippen LogP contribution in [0.15, 0.2) is 30.3 Å². The molecule has 0 atom stereocenters. The number of benzene rings is 1. The molecule has 98 valence electrons. The number of nitrogens with one attached hydrogen (secondary N) is 1. The summed E-state index contributed by atoms with van der Waals surface area (Å²) in [5.74, 6) is 0.593. The van der Waals surface area contributed by atoms with Gasteiger partial charge in [-0.15, -0.1) is 0 Å². The number of carbonyl (C=O) groups excluding carboxylic acids is 1. The van der Waals surface area contributed by atoms with E-state index in [9.17, 15) is 4.79 Å². The summed E-state index contributed by atoms with van der Waals surface area (Å²) in [6.07, 6.45) is 0. The van der Waals surface area contributed by atoms with Gasteiger partial charge in [0.1, 0.15) is 5.82 Å². The average Bonchev–Trinajstić information content (AvgIpc) is 2.97. The number of aromatic nitrogens is 2. The molecule has 3 rings (SSSR count). The second kappa shape index (κ2) is 4.31. The molecule has 1 aliphatic rings. The number of anilines is 2. The van der Waals surface area contributed by atoms with Crippen molar-refractivity contribution in [1.82, 2.24) is 15.1 Å². The quantitative estimate of drug-likeness (QED) is 0.848. The molecule has 0 radical (unpaired) electrons. The zero-order valence-electron chi connectivity index (χ0n) is 10.6. The van der Waals surface area contributed by atoms with Gasteiger partial charge in [-0.05, 0) is 6.07 Å². The van der Waals surface area contributed by atoms with Gasteiger partial charge < -0.3 is 11.1 Å². The zero-order chi connectivity index (χ0) is 13.4. The number of nitrogens with zero attached hydrogens (tertiary/aromatic N) is 3. The van der Waals surface area contributed by atoms with E-state index in [1.54, 1.807) is 16.6 Å². The molecule has 0 saturated carbocycles. The van der Waals surface area contributed by atoms with E-state index >= 15 is 0 Å². The number of urea groups is 1. The van der Waals surface area contributed by atoms with E-state index in [0.717, 1.165) is 16.9 Å². The first-order valence-corrected chi connectivity index (χ1v) is 6.11. The Hall–Kier alpha value is -2.50. The number of nitrogens with two attached hydrogens (primary N) is 1. The Morgan fingerprint density at radius 1 is 1.37 bits per heavy atom. The van der Waals surface area contributed by atoms with Crippen LogP contribution in [-0.4, -0.2) is 28.9 Å². The Labute approximate surface area is 110 Å². The van der Waals surface area contributed by atoms with Gasteiger partial charge in [0.05, 0.1) is 11.4 Å². The largest absolute Gasteiger partial charge is 0.384 e. The van der Waals surface area contributed by atoms with Crippen LogP contribution in [0.4, 0.5) is 16.3 Å². The van der Waals surface area contributed by atoms with Crippen molar-refractivity contribution in [3.05, 3.63) is 30.3 Å². The topological polar surface area (TPSA) is 76.2 Å². The first-order chi connectivity index (χ1) is 9.16. The van der Waals surface area contributed by atoms with Crippen LogP contribution in [0.1, 0.15) is 0 Å². The number of rotatable bonds is 2. The van der Waals surface area contributed by atoms with E-state index in [-0.39, 0.29) is 6.03 Å². The van der Waals surface area contributed by atoms with Gasteiger partial charge in [0.15, 0.2) is 0 Å². The molecule has 2 amide bonds. The molecular formula is C13H15N5O. The lowest BCUT2D eigenvalue weighted by molar-refractivity contribution is 0.252. The van der Waals surface area contributed by atoms with E-state index < -0.39 is 0 Å². The van der Waals surface area contributed by atoms with Crippen molar-refractivity contribution in [3.8, 4) is 11.3 Å². The van der Waals surface area contributed by atoms with E-state index in [2.05, 4.69) is 10.4 Å². The molecular weight excluding hydrogens is 242 g/mol. The highest BCUT2D eigenvalue weighted by molar-refractivity contribution is 5.98. The standard InChI is InChI=1S/C13H15N5O/c1-17-12(14)8-10(16-17)9-4-2-3-5-11(9)18-7-6-15-13(18)19/h2-5,8H,6-7,14H2,1H3,(H,15,19). The summed E-state index contributed by atoms with van der Waals surface area (Å²) in [4.78, 5) is 13.5. The smallest absolute Gasteiger partial charge is 0.322 e. The third kappa shape index (κ3) is 1.91.